The molecule has 1 aromatic rings. The number of aromatic nitrogens is 2. The van der Waals surface area contributed by atoms with Crippen LogP contribution in [0.1, 0.15) is 25.7 Å². The van der Waals surface area contributed by atoms with E-state index in [2.05, 4.69) is 21.0 Å². The number of alkyl halides is 1. The highest BCUT2D eigenvalue weighted by molar-refractivity contribution is 9.09. The maximum Gasteiger partial charge on any atom is 0.306 e. The van der Waals surface area contributed by atoms with Crippen molar-refractivity contribution in [3.05, 3.63) is 22.5 Å². The van der Waals surface area contributed by atoms with Crippen LogP contribution in [0.5, 0.6) is 0 Å². The van der Waals surface area contributed by atoms with Crippen molar-refractivity contribution in [3.63, 3.8) is 0 Å². The first-order valence-corrected chi connectivity index (χ1v) is 6.50. The molecule has 16 heavy (non-hydrogen) atoms. The maximum absolute atomic E-state index is 10.5. The minimum Gasteiger partial charge on any atom is -0.265 e. The lowest BCUT2D eigenvalue weighted by Crippen LogP contribution is -2.25. The predicted molar refractivity (Wildman–Crippen MR) is 63.6 cm³/mol. The van der Waals surface area contributed by atoms with E-state index in [-0.39, 0.29) is 11.1 Å². The van der Waals surface area contributed by atoms with Gasteiger partial charge >= 0.3 is 5.69 Å². The molecule has 0 N–H and O–H groups in total. The fourth-order valence-corrected chi connectivity index (χ4v) is 3.07. The molecule has 88 valence electrons. The van der Waals surface area contributed by atoms with E-state index < -0.39 is 4.92 Å². The van der Waals surface area contributed by atoms with E-state index in [1.54, 1.807) is 4.68 Å². The minimum absolute atomic E-state index is 0.0720. The summed E-state index contributed by atoms with van der Waals surface area (Å²) in [5.74, 6) is 0. The molecule has 0 aliphatic heterocycles. The Balaban J connectivity index is 2.10. The first kappa shape index (κ1) is 11.6. The van der Waals surface area contributed by atoms with E-state index in [4.69, 9.17) is 0 Å². The van der Waals surface area contributed by atoms with E-state index >= 15 is 0 Å². The zero-order valence-corrected chi connectivity index (χ0v) is 10.5. The lowest BCUT2D eigenvalue weighted by molar-refractivity contribution is -0.385. The molecule has 0 atom stereocenters. The monoisotopic (exact) mass is 287 g/mol. The van der Waals surface area contributed by atoms with Gasteiger partial charge in [0, 0.05) is 11.9 Å². The second kappa shape index (κ2) is 4.53. The van der Waals surface area contributed by atoms with Gasteiger partial charge in [-0.05, 0) is 18.3 Å². The molecule has 0 bridgehead atoms. The van der Waals surface area contributed by atoms with Crippen LogP contribution in [0, 0.1) is 15.5 Å². The van der Waals surface area contributed by atoms with Crippen molar-refractivity contribution >= 4 is 21.6 Å². The Morgan fingerprint density at radius 3 is 2.75 bits per heavy atom. The van der Waals surface area contributed by atoms with E-state index in [0.717, 1.165) is 11.9 Å². The fourth-order valence-electron chi connectivity index (χ4n) is 2.34. The first-order valence-electron chi connectivity index (χ1n) is 5.38. The molecule has 0 amide bonds. The Labute approximate surface area is 102 Å². The van der Waals surface area contributed by atoms with Gasteiger partial charge in [0.05, 0.1) is 4.92 Å². The fraction of sp³-hybridized carbons (Fsp3) is 0.700. The van der Waals surface area contributed by atoms with E-state index in [1.807, 2.05) is 0 Å². The molecule has 1 heterocycles. The Kier molecular flexibility index (Phi) is 3.28. The molecule has 0 spiro atoms. The van der Waals surface area contributed by atoms with Gasteiger partial charge in [-0.15, -0.1) is 0 Å². The maximum atomic E-state index is 10.5. The van der Waals surface area contributed by atoms with Gasteiger partial charge in [-0.1, -0.05) is 28.8 Å². The van der Waals surface area contributed by atoms with Crippen LogP contribution >= 0.6 is 15.9 Å². The molecule has 0 saturated heterocycles. The van der Waals surface area contributed by atoms with Gasteiger partial charge < -0.3 is 0 Å². The van der Waals surface area contributed by atoms with E-state index in [1.165, 1.54) is 38.1 Å². The summed E-state index contributed by atoms with van der Waals surface area (Å²) in [5.41, 5.74) is 0.308. The van der Waals surface area contributed by atoms with Crippen molar-refractivity contribution < 1.29 is 4.92 Å². The molecule has 5 nitrogen and oxygen atoms in total. The molecule has 1 saturated carbocycles. The highest BCUT2D eigenvalue weighted by atomic mass is 79.9. The van der Waals surface area contributed by atoms with Gasteiger partial charge in [0.15, 0.2) is 0 Å². The Morgan fingerprint density at radius 2 is 2.25 bits per heavy atom. The second-order valence-electron chi connectivity index (χ2n) is 4.49. The Hall–Kier alpha value is -0.910. The summed E-state index contributed by atoms with van der Waals surface area (Å²) in [6.07, 6.45) is 7.67. The van der Waals surface area contributed by atoms with Crippen molar-refractivity contribution in [2.45, 2.75) is 32.2 Å². The van der Waals surface area contributed by atoms with Crippen molar-refractivity contribution in [1.29, 1.82) is 0 Å². The summed E-state index contributed by atoms with van der Waals surface area (Å²) in [6, 6.07) is 0. The molecule has 2 rings (SSSR count). The summed E-state index contributed by atoms with van der Waals surface area (Å²) in [4.78, 5) is 10.1. The van der Waals surface area contributed by atoms with Crippen molar-refractivity contribution in [3.8, 4) is 0 Å². The number of nitrogens with zero attached hydrogens (tertiary/aromatic N) is 3. The van der Waals surface area contributed by atoms with Gasteiger partial charge in [0.2, 0.25) is 0 Å². The van der Waals surface area contributed by atoms with Gasteiger partial charge in [0.25, 0.3) is 0 Å². The number of hydrogen-bond acceptors (Lipinski definition) is 3. The summed E-state index contributed by atoms with van der Waals surface area (Å²) in [5, 5.41) is 15.5. The van der Waals surface area contributed by atoms with Crippen LogP contribution in [0.3, 0.4) is 0 Å². The predicted octanol–water partition coefficient (Wildman–Crippen LogP) is 2.75. The molecule has 1 fully saturated rings. The average molecular weight is 288 g/mol. The highest BCUT2D eigenvalue weighted by Crippen LogP contribution is 2.41. The summed E-state index contributed by atoms with van der Waals surface area (Å²) < 4.78 is 1.70. The third kappa shape index (κ3) is 2.26. The molecule has 0 aromatic carbocycles. The van der Waals surface area contributed by atoms with Crippen molar-refractivity contribution in [2.24, 2.45) is 5.41 Å². The normalized spacial score (nSPS) is 18.8. The lowest BCUT2D eigenvalue weighted by atomic mass is 9.89. The standard InChI is InChI=1S/C10H14BrN3O2/c11-7-10(3-1-2-4-10)8-13-6-9(5-12-13)14(15)16/h5-6H,1-4,7-8H2. The third-order valence-corrected chi connectivity index (χ3v) is 4.47. The molecule has 0 radical (unpaired) electrons. The molecule has 1 aromatic heterocycles. The van der Waals surface area contributed by atoms with Crippen LogP contribution in [0.4, 0.5) is 5.69 Å². The average Bonchev–Trinajstić information content (AvgIpc) is 2.88. The summed E-state index contributed by atoms with van der Waals surface area (Å²) in [7, 11) is 0. The number of nitro groups is 1. The summed E-state index contributed by atoms with van der Waals surface area (Å²) in [6.45, 7) is 0.770. The number of hydrogen-bond donors (Lipinski definition) is 0. The van der Waals surface area contributed by atoms with Gasteiger partial charge in [0.1, 0.15) is 12.4 Å². The summed E-state index contributed by atoms with van der Waals surface area (Å²) >= 11 is 3.55. The van der Waals surface area contributed by atoms with Crippen LogP contribution in [0.25, 0.3) is 0 Å². The van der Waals surface area contributed by atoms with Crippen LogP contribution in [-0.4, -0.2) is 20.0 Å². The third-order valence-electron chi connectivity index (χ3n) is 3.28. The van der Waals surface area contributed by atoms with Crippen LogP contribution in [0.2, 0.25) is 0 Å². The zero-order valence-electron chi connectivity index (χ0n) is 8.93. The highest BCUT2D eigenvalue weighted by Gasteiger charge is 2.33. The molecular formula is C10H14BrN3O2. The molecule has 0 unspecified atom stereocenters. The quantitative estimate of drug-likeness (QED) is 0.486. The minimum atomic E-state index is -0.404. The number of halogens is 1. The SMILES string of the molecule is O=[N+]([O-])c1cnn(CC2(CBr)CCCC2)c1. The van der Waals surface area contributed by atoms with Gasteiger partial charge in [-0.25, -0.2) is 0 Å². The van der Waals surface area contributed by atoms with Crippen LogP contribution in [0.15, 0.2) is 12.4 Å². The van der Waals surface area contributed by atoms with E-state index in [9.17, 15) is 10.1 Å². The Morgan fingerprint density at radius 1 is 1.56 bits per heavy atom. The Bertz CT molecular complexity index is 385. The largest absolute Gasteiger partial charge is 0.306 e. The lowest BCUT2D eigenvalue weighted by Gasteiger charge is -2.25. The topological polar surface area (TPSA) is 61.0 Å². The van der Waals surface area contributed by atoms with Crippen LogP contribution in [-0.2, 0) is 6.54 Å². The molecule has 1 aliphatic carbocycles. The van der Waals surface area contributed by atoms with E-state index in [0.29, 0.717) is 0 Å². The van der Waals surface area contributed by atoms with Gasteiger partial charge in [-0.3, -0.25) is 14.8 Å². The second-order valence-corrected chi connectivity index (χ2v) is 5.05. The molecule has 1 aliphatic rings. The van der Waals surface area contributed by atoms with Crippen LogP contribution < -0.4 is 0 Å². The van der Waals surface area contributed by atoms with Crippen molar-refractivity contribution in [2.75, 3.05) is 5.33 Å². The van der Waals surface area contributed by atoms with Gasteiger partial charge in [-0.2, -0.15) is 5.10 Å². The molecular weight excluding hydrogens is 274 g/mol. The first-order chi connectivity index (χ1) is 7.65. The van der Waals surface area contributed by atoms with Crippen molar-refractivity contribution in [1.82, 2.24) is 9.78 Å². The molecule has 6 heteroatoms. The number of rotatable bonds is 4. The zero-order chi connectivity index (χ0) is 11.6. The smallest absolute Gasteiger partial charge is 0.265 e.